The normalized spacial score (nSPS) is 12.0. The first kappa shape index (κ1) is 22.6. The number of rotatable bonds is 6. The molecule has 0 atom stereocenters. The van der Waals surface area contributed by atoms with E-state index >= 15 is 0 Å². The van der Waals surface area contributed by atoms with Gasteiger partial charge in [0.15, 0.2) is 5.75 Å². The number of aromatic nitrogens is 1. The SMILES string of the molecule is COc1ccccc1NC(=O)/C=c1\s/c(=C\c2cc(OC)c(O)c([N+](=O)[O-])c2)c(=O)n1C. The minimum Gasteiger partial charge on any atom is -0.500 e. The molecule has 1 aromatic heterocycles. The highest BCUT2D eigenvalue weighted by atomic mass is 32.1. The van der Waals surface area contributed by atoms with Crippen LogP contribution in [0.4, 0.5) is 11.4 Å². The van der Waals surface area contributed by atoms with E-state index in [2.05, 4.69) is 5.32 Å². The Kier molecular flexibility index (Phi) is 6.59. The molecule has 1 heterocycles. The van der Waals surface area contributed by atoms with Gasteiger partial charge < -0.3 is 24.5 Å². The third-order valence-corrected chi connectivity index (χ3v) is 5.58. The second-order valence-corrected chi connectivity index (χ2v) is 7.56. The zero-order valence-electron chi connectivity index (χ0n) is 17.3. The molecule has 1 amide bonds. The fourth-order valence-electron chi connectivity index (χ4n) is 2.88. The van der Waals surface area contributed by atoms with Crippen molar-refractivity contribution in [2.75, 3.05) is 19.5 Å². The zero-order chi connectivity index (χ0) is 23.4. The van der Waals surface area contributed by atoms with Crippen molar-refractivity contribution in [1.29, 1.82) is 0 Å². The summed E-state index contributed by atoms with van der Waals surface area (Å²) in [6.45, 7) is 0. The van der Waals surface area contributed by atoms with Crippen LogP contribution in [0.2, 0.25) is 0 Å². The van der Waals surface area contributed by atoms with E-state index in [1.807, 2.05) is 0 Å². The van der Waals surface area contributed by atoms with Crippen LogP contribution in [-0.2, 0) is 11.8 Å². The highest BCUT2D eigenvalue weighted by Gasteiger charge is 2.19. The molecular weight excluding hydrogens is 438 g/mol. The summed E-state index contributed by atoms with van der Waals surface area (Å²) in [6.07, 6.45) is 2.70. The number of para-hydroxylation sites is 2. The molecule has 3 rings (SSSR count). The highest BCUT2D eigenvalue weighted by Crippen LogP contribution is 2.37. The fourth-order valence-corrected chi connectivity index (χ4v) is 3.91. The molecule has 0 aliphatic rings. The Morgan fingerprint density at radius 1 is 1.22 bits per heavy atom. The summed E-state index contributed by atoms with van der Waals surface area (Å²) in [7, 11) is 4.26. The summed E-state index contributed by atoms with van der Waals surface area (Å²) >= 11 is 1.04. The number of benzene rings is 2. The molecule has 0 radical (unpaired) electrons. The van der Waals surface area contributed by atoms with Crippen LogP contribution in [0, 0.1) is 10.1 Å². The summed E-state index contributed by atoms with van der Waals surface area (Å²) in [6, 6.07) is 9.41. The van der Waals surface area contributed by atoms with Crippen LogP contribution >= 0.6 is 11.3 Å². The summed E-state index contributed by atoms with van der Waals surface area (Å²) in [5, 5.41) is 23.8. The van der Waals surface area contributed by atoms with E-state index in [1.54, 1.807) is 24.3 Å². The average Bonchev–Trinajstić information content (AvgIpc) is 3.02. The molecule has 0 unspecified atom stereocenters. The van der Waals surface area contributed by atoms with Gasteiger partial charge in [-0.2, -0.15) is 0 Å². The molecule has 3 aromatic rings. The molecule has 0 saturated heterocycles. The molecule has 0 aliphatic carbocycles. The fraction of sp³-hybridized carbons (Fsp3) is 0.143. The second-order valence-electron chi connectivity index (χ2n) is 6.49. The van der Waals surface area contributed by atoms with E-state index in [-0.39, 0.29) is 21.4 Å². The van der Waals surface area contributed by atoms with E-state index in [0.29, 0.717) is 16.1 Å². The summed E-state index contributed by atoms with van der Waals surface area (Å²) in [5.41, 5.74) is -0.170. The maximum Gasteiger partial charge on any atom is 0.315 e. The summed E-state index contributed by atoms with van der Waals surface area (Å²) in [5.74, 6) is -0.663. The molecule has 2 N–H and O–H groups in total. The lowest BCUT2D eigenvalue weighted by atomic mass is 10.1. The number of amides is 1. The van der Waals surface area contributed by atoms with Gasteiger partial charge in [0.1, 0.15) is 10.4 Å². The number of hydrogen-bond acceptors (Lipinski definition) is 8. The van der Waals surface area contributed by atoms with Crippen LogP contribution in [-0.4, -0.2) is 34.7 Å². The average molecular weight is 457 g/mol. The van der Waals surface area contributed by atoms with Gasteiger partial charge in [0.25, 0.3) is 11.5 Å². The van der Waals surface area contributed by atoms with Crippen molar-refractivity contribution in [2.24, 2.45) is 7.05 Å². The lowest BCUT2D eigenvalue weighted by molar-refractivity contribution is -0.386. The minimum absolute atomic E-state index is 0.0956. The van der Waals surface area contributed by atoms with Crippen molar-refractivity contribution in [3.05, 3.63) is 71.6 Å². The maximum atomic E-state index is 12.6. The molecular formula is C21H19N3O7S. The number of thiazole rings is 1. The molecule has 0 bridgehead atoms. The standard InChI is InChI=1S/C21H19N3O7S/c1-23-19(11-18(25)22-13-6-4-5-7-15(13)30-2)32-17(21(23)27)10-12-8-14(24(28)29)20(26)16(9-12)31-3/h4-11,26H,1-3H3,(H,22,25)/b17-10-,19-11-. The van der Waals surface area contributed by atoms with Gasteiger partial charge in [0.05, 0.1) is 29.4 Å². The Morgan fingerprint density at radius 3 is 2.56 bits per heavy atom. The zero-order valence-corrected chi connectivity index (χ0v) is 18.1. The third kappa shape index (κ3) is 4.62. The van der Waals surface area contributed by atoms with Crippen molar-refractivity contribution in [2.45, 2.75) is 0 Å². The van der Waals surface area contributed by atoms with E-state index in [1.165, 1.54) is 44.1 Å². The molecule has 32 heavy (non-hydrogen) atoms. The number of phenols is 1. The monoisotopic (exact) mass is 457 g/mol. The third-order valence-electron chi connectivity index (χ3n) is 4.47. The predicted molar refractivity (Wildman–Crippen MR) is 120 cm³/mol. The number of ether oxygens (including phenoxy) is 2. The number of nitrogens with zero attached hydrogens (tertiary/aromatic N) is 2. The van der Waals surface area contributed by atoms with Crippen LogP contribution in [0.1, 0.15) is 5.56 Å². The number of carbonyl (C=O) groups is 1. The molecule has 11 heteroatoms. The largest absolute Gasteiger partial charge is 0.500 e. The van der Waals surface area contributed by atoms with E-state index in [4.69, 9.17) is 9.47 Å². The van der Waals surface area contributed by atoms with Crippen LogP contribution in [0.3, 0.4) is 0 Å². The maximum absolute atomic E-state index is 12.6. The smallest absolute Gasteiger partial charge is 0.315 e. The van der Waals surface area contributed by atoms with Crippen LogP contribution in [0.5, 0.6) is 17.2 Å². The van der Waals surface area contributed by atoms with Crippen LogP contribution in [0.15, 0.2) is 41.2 Å². The van der Waals surface area contributed by atoms with Crippen molar-refractivity contribution in [3.8, 4) is 17.2 Å². The quantitative estimate of drug-likeness (QED) is 0.421. The molecule has 0 spiro atoms. The highest BCUT2D eigenvalue weighted by molar-refractivity contribution is 7.07. The second kappa shape index (κ2) is 9.35. The molecule has 2 aromatic carbocycles. The van der Waals surface area contributed by atoms with Gasteiger partial charge in [-0.3, -0.25) is 19.7 Å². The van der Waals surface area contributed by atoms with Gasteiger partial charge in [0, 0.05) is 19.2 Å². The predicted octanol–water partition coefficient (Wildman–Crippen LogP) is 1.33. The number of phenolic OH excluding ortho intramolecular Hbond substituents is 1. The Hall–Kier alpha value is -4.12. The number of hydrogen-bond donors (Lipinski definition) is 2. The first-order valence-corrected chi connectivity index (χ1v) is 9.95. The van der Waals surface area contributed by atoms with Gasteiger partial charge in [-0.25, -0.2) is 0 Å². The lowest BCUT2D eigenvalue weighted by Crippen LogP contribution is -2.29. The number of methoxy groups -OCH3 is 2. The number of anilines is 1. The minimum atomic E-state index is -0.747. The van der Waals surface area contributed by atoms with E-state index in [0.717, 1.165) is 17.4 Å². The summed E-state index contributed by atoms with van der Waals surface area (Å²) < 4.78 is 12.1. The van der Waals surface area contributed by atoms with Gasteiger partial charge in [-0.05, 0) is 29.8 Å². The van der Waals surface area contributed by atoms with E-state index < -0.39 is 22.3 Å². The van der Waals surface area contributed by atoms with Crippen molar-refractivity contribution in [3.63, 3.8) is 0 Å². The Bertz CT molecular complexity index is 1380. The molecule has 0 aliphatic heterocycles. The van der Waals surface area contributed by atoms with Crippen LogP contribution < -0.4 is 29.5 Å². The van der Waals surface area contributed by atoms with Crippen molar-refractivity contribution >= 4 is 40.8 Å². The topological polar surface area (TPSA) is 133 Å². The van der Waals surface area contributed by atoms with Gasteiger partial charge in [0.2, 0.25) is 5.75 Å². The van der Waals surface area contributed by atoms with Crippen molar-refractivity contribution in [1.82, 2.24) is 4.57 Å². The first-order valence-electron chi connectivity index (χ1n) is 9.13. The molecule has 166 valence electrons. The first-order chi connectivity index (χ1) is 15.2. The number of nitro groups is 1. The number of nitrogens with one attached hydrogen (secondary N) is 1. The Labute approximate surface area is 185 Å². The van der Waals surface area contributed by atoms with Crippen LogP contribution in [0.25, 0.3) is 12.2 Å². The Balaban J connectivity index is 2.03. The Morgan fingerprint density at radius 2 is 1.91 bits per heavy atom. The molecule has 0 fully saturated rings. The summed E-state index contributed by atoms with van der Waals surface area (Å²) in [4.78, 5) is 35.5. The van der Waals surface area contributed by atoms with E-state index in [9.17, 15) is 24.8 Å². The molecule has 0 saturated carbocycles. The number of carbonyl (C=O) groups excluding carboxylic acids is 1. The van der Waals surface area contributed by atoms with Gasteiger partial charge >= 0.3 is 5.69 Å². The lowest BCUT2D eigenvalue weighted by Gasteiger charge is -2.07. The van der Waals surface area contributed by atoms with Crippen molar-refractivity contribution < 1.29 is 24.3 Å². The van der Waals surface area contributed by atoms with Gasteiger partial charge in [-0.1, -0.05) is 12.1 Å². The molecule has 10 nitrogen and oxygen atoms in total. The number of nitro benzene ring substituents is 1. The van der Waals surface area contributed by atoms with Gasteiger partial charge in [-0.15, -0.1) is 11.3 Å². The number of aromatic hydroxyl groups is 1.